The van der Waals surface area contributed by atoms with E-state index in [4.69, 9.17) is 4.52 Å². The van der Waals surface area contributed by atoms with E-state index < -0.39 is 29.7 Å². The van der Waals surface area contributed by atoms with Crippen molar-refractivity contribution in [3.05, 3.63) is 58.2 Å². The van der Waals surface area contributed by atoms with Crippen molar-refractivity contribution in [3.8, 4) is 0 Å². The lowest BCUT2D eigenvalue weighted by atomic mass is 10.0. The van der Waals surface area contributed by atoms with Crippen LogP contribution in [0.4, 0.5) is 5.69 Å². The van der Waals surface area contributed by atoms with Crippen LogP contribution in [0.2, 0.25) is 0 Å². The fraction of sp³-hybridized carbons (Fsp3) is 0.375. The van der Waals surface area contributed by atoms with Crippen LogP contribution in [0, 0.1) is 13.8 Å². The number of aromatic nitrogens is 4. The molecule has 0 spiro atoms. The smallest absolute Gasteiger partial charge is 0.264 e. The highest BCUT2D eigenvalue weighted by molar-refractivity contribution is 6.25. The summed E-state index contributed by atoms with van der Waals surface area (Å²) in [5.41, 5.74) is 3.61. The number of anilines is 1. The molecule has 4 amide bonds. The Morgan fingerprint density at radius 3 is 2.69 bits per heavy atom. The SMILES string of the molecule is Cc1noc(C)c1CCn1cc(CN(C)c2cccc3c2C(=O)N(C2CCC(=O)NC2=O)C3=O)nn1. The summed E-state index contributed by atoms with van der Waals surface area (Å²) < 4.78 is 6.95. The molecule has 36 heavy (non-hydrogen) atoms. The van der Waals surface area contributed by atoms with E-state index in [2.05, 4.69) is 20.8 Å². The number of fused-ring (bicyclic) bond motifs is 1. The third-order valence-corrected chi connectivity index (χ3v) is 6.61. The Kier molecular flexibility index (Phi) is 5.86. The van der Waals surface area contributed by atoms with Gasteiger partial charge in [-0.05, 0) is 38.8 Å². The lowest BCUT2D eigenvalue weighted by Gasteiger charge is -2.28. The lowest BCUT2D eigenvalue weighted by Crippen LogP contribution is -2.54. The second-order valence-corrected chi connectivity index (χ2v) is 9.03. The predicted octanol–water partition coefficient (Wildman–Crippen LogP) is 1.16. The molecule has 2 aromatic heterocycles. The predicted molar refractivity (Wildman–Crippen MR) is 125 cm³/mol. The van der Waals surface area contributed by atoms with Gasteiger partial charge in [0.25, 0.3) is 11.8 Å². The first kappa shape index (κ1) is 23.4. The zero-order valence-electron chi connectivity index (χ0n) is 20.1. The van der Waals surface area contributed by atoms with Crippen LogP contribution in [0.3, 0.4) is 0 Å². The molecule has 4 heterocycles. The molecule has 12 heteroatoms. The fourth-order valence-electron chi connectivity index (χ4n) is 4.75. The summed E-state index contributed by atoms with van der Waals surface area (Å²) in [6.07, 6.45) is 2.72. The minimum absolute atomic E-state index is 0.0719. The van der Waals surface area contributed by atoms with Crippen molar-refractivity contribution >= 4 is 29.3 Å². The number of piperidine rings is 1. The average molecular weight is 492 g/mol. The van der Waals surface area contributed by atoms with Gasteiger partial charge < -0.3 is 9.42 Å². The summed E-state index contributed by atoms with van der Waals surface area (Å²) in [6, 6.07) is 4.01. The van der Waals surface area contributed by atoms with Crippen molar-refractivity contribution in [1.29, 1.82) is 0 Å². The number of rotatable bonds is 7. The molecule has 2 aliphatic heterocycles. The van der Waals surface area contributed by atoms with E-state index in [9.17, 15) is 19.2 Å². The Morgan fingerprint density at radius 2 is 1.97 bits per heavy atom. The summed E-state index contributed by atoms with van der Waals surface area (Å²) in [4.78, 5) is 53.1. The molecular weight excluding hydrogens is 466 g/mol. The lowest BCUT2D eigenvalue weighted by molar-refractivity contribution is -0.136. The number of hydrogen-bond acceptors (Lipinski definition) is 9. The summed E-state index contributed by atoms with van der Waals surface area (Å²) >= 11 is 0. The minimum atomic E-state index is -1.01. The van der Waals surface area contributed by atoms with Crippen molar-refractivity contribution in [2.45, 2.75) is 52.2 Å². The monoisotopic (exact) mass is 491 g/mol. The average Bonchev–Trinajstić information content (AvgIpc) is 3.50. The largest absolute Gasteiger partial charge is 0.368 e. The van der Waals surface area contributed by atoms with Gasteiger partial charge in [0.15, 0.2) is 0 Å². The Balaban J connectivity index is 1.32. The first-order valence-corrected chi connectivity index (χ1v) is 11.6. The maximum Gasteiger partial charge on any atom is 0.264 e. The van der Waals surface area contributed by atoms with Crippen LogP contribution < -0.4 is 10.2 Å². The van der Waals surface area contributed by atoms with E-state index in [1.165, 1.54) is 0 Å². The highest BCUT2D eigenvalue weighted by atomic mass is 16.5. The number of carbonyl (C=O) groups excluding carboxylic acids is 4. The molecule has 0 radical (unpaired) electrons. The molecule has 1 fully saturated rings. The van der Waals surface area contributed by atoms with Crippen LogP contribution in [0.5, 0.6) is 0 Å². The standard InChI is InChI=1S/C24H25N7O5/c1-13-16(14(2)36-27-13)9-10-30-12-15(26-28-30)11-29(3)18-6-4-5-17-21(18)24(35)31(23(17)34)19-7-8-20(32)25-22(19)33/h4-6,12,19H,7-11H2,1-3H3,(H,25,32,33). The quantitative estimate of drug-likeness (QED) is 0.482. The molecular formula is C24H25N7O5. The number of aryl methyl sites for hydroxylation is 3. The zero-order valence-corrected chi connectivity index (χ0v) is 20.1. The van der Waals surface area contributed by atoms with Gasteiger partial charge in [0.2, 0.25) is 11.8 Å². The Morgan fingerprint density at radius 1 is 1.17 bits per heavy atom. The van der Waals surface area contributed by atoms with Crippen molar-refractivity contribution in [2.24, 2.45) is 0 Å². The van der Waals surface area contributed by atoms with E-state index in [-0.39, 0.29) is 24.0 Å². The Bertz CT molecular complexity index is 1370. The number of carbonyl (C=O) groups is 4. The molecule has 0 aliphatic carbocycles. The van der Waals surface area contributed by atoms with Crippen LogP contribution in [0.1, 0.15) is 56.3 Å². The molecule has 0 bridgehead atoms. The second kappa shape index (κ2) is 9.02. The number of nitrogens with one attached hydrogen (secondary N) is 1. The van der Waals surface area contributed by atoms with Crippen LogP contribution in [-0.4, -0.2) is 61.8 Å². The molecule has 2 aliphatic rings. The van der Waals surface area contributed by atoms with Gasteiger partial charge in [-0.1, -0.05) is 16.4 Å². The number of hydrogen-bond donors (Lipinski definition) is 1. The molecule has 1 atom stereocenters. The van der Waals surface area contributed by atoms with Crippen molar-refractivity contribution in [2.75, 3.05) is 11.9 Å². The third-order valence-electron chi connectivity index (χ3n) is 6.61. The highest BCUT2D eigenvalue weighted by Gasteiger charge is 2.45. The van der Waals surface area contributed by atoms with Gasteiger partial charge in [0.05, 0.1) is 35.2 Å². The first-order valence-electron chi connectivity index (χ1n) is 11.6. The Hall–Kier alpha value is -4.35. The van der Waals surface area contributed by atoms with Crippen LogP contribution in [0.15, 0.2) is 28.9 Å². The molecule has 1 unspecified atom stereocenters. The first-order chi connectivity index (χ1) is 17.2. The number of nitrogens with zero attached hydrogens (tertiary/aromatic N) is 6. The molecule has 1 aromatic carbocycles. The zero-order chi connectivity index (χ0) is 25.6. The van der Waals surface area contributed by atoms with Crippen molar-refractivity contribution < 1.29 is 23.7 Å². The minimum Gasteiger partial charge on any atom is -0.368 e. The molecule has 3 aromatic rings. The molecule has 5 rings (SSSR count). The summed E-state index contributed by atoms with van der Waals surface area (Å²) in [5.74, 6) is -1.34. The number of amides is 4. The van der Waals surface area contributed by atoms with Crippen molar-refractivity contribution in [1.82, 2.24) is 30.4 Å². The van der Waals surface area contributed by atoms with Gasteiger partial charge in [-0.2, -0.15) is 0 Å². The highest BCUT2D eigenvalue weighted by Crippen LogP contribution is 2.34. The van der Waals surface area contributed by atoms with Gasteiger partial charge in [-0.3, -0.25) is 34.1 Å². The fourth-order valence-corrected chi connectivity index (χ4v) is 4.75. The van der Waals surface area contributed by atoms with Gasteiger partial charge in [0, 0.05) is 25.6 Å². The van der Waals surface area contributed by atoms with Crippen LogP contribution >= 0.6 is 0 Å². The van der Waals surface area contributed by atoms with Gasteiger partial charge in [0.1, 0.15) is 17.5 Å². The van der Waals surface area contributed by atoms with E-state index in [0.29, 0.717) is 30.9 Å². The molecule has 12 nitrogen and oxygen atoms in total. The normalized spacial score (nSPS) is 17.5. The van der Waals surface area contributed by atoms with Gasteiger partial charge in [-0.25, -0.2) is 0 Å². The second-order valence-electron chi connectivity index (χ2n) is 9.03. The van der Waals surface area contributed by atoms with Gasteiger partial charge >= 0.3 is 0 Å². The third kappa shape index (κ3) is 4.04. The van der Waals surface area contributed by atoms with E-state index in [1.807, 2.05) is 24.9 Å². The van der Waals surface area contributed by atoms with Crippen LogP contribution in [-0.2, 0) is 29.1 Å². The molecule has 1 saturated heterocycles. The van der Waals surface area contributed by atoms with E-state index in [0.717, 1.165) is 21.9 Å². The topological polar surface area (TPSA) is 144 Å². The Labute approximate surface area is 206 Å². The van der Waals surface area contributed by atoms with E-state index >= 15 is 0 Å². The summed E-state index contributed by atoms with van der Waals surface area (Å²) in [6.45, 7) is 4.73. The molecule has 0 saturated carbocycles. The summed E-state index contributed by atoms with van der Waals surface area (Å²) in [7, 11) is 1.80. The van der Waals surface area contributed by atoms with E-state index in [1.54, 1.807) is 29.9 Å². The molecule has 186 valence electrons. The van der Waals surface area contributed by atoms with Gasteiger partial charge in [-0.15, -0.1) is 5.10 Å². The maximum absolute atomic E-state index is 13.3. The molecule has 1 N–H and O–H groups in total. The maximum atomic E-state index is 13.3. The number of imide groups is 2. The number of benzene rings is 1. The summed E-state index contributed by atoms with van der Waals surface area (Å²) in [5, 5.41) is 14.6. The van der Waals surface area contributed by atoms with Crippen LogP contribution in [0.25, 0.3) is 0 Å². The van der Waals surface area contributed by atoms with Crippen molar-refractivity contribution in [3.63, 3.8) is 0 Å².